The molecule has 132 valence electrons. The second-order valence-corrected chi connectivity index (χ2v) is 5.74. The molecule has 26 heavy (non-hydrogen) atoms. The van der Waals surface area contributed by atoms with Gasteiger partial charge in [0.1, 0.15) is 5.75 Å². The van der Waals surface area contributed by atoms with Gasteiger partial charge in [-0.3, -0.25) is 5.41 Å². The zero-order valence-corrected chi connectivity index (χ0v) is 14.5. The van der Waals surface area contributed by atoms with Crippen LogP contribution in [0.2, 0.25) is 0 Å². The molecule has 0 saturated heterocycles. The van der Waals surface area contributed by atoms with Crippen LogP contribution in [0.25, 0.3) is 0 Å². The molecule has 0 amide bonds. The van der Waals surface area contributed by atoms with E-state index in [1.807, 2.05) is 43.3 Å². The first-order chi connectivity index (χ1) is 12.5. The predicted octanol–water partition coefficient (Wildman–Crippen LogP) is 3.61. The number of hydrogen-bond acceptors (Lipinski definition) is 6. The topological polar surface area (TPSA) is 110 Å². The summed E-state index contributed by atoms with van der Waals surface area (Å²) < 4.78 is 5.44. The van der Waals surface area contributed by atoms with Gasteiger partial charge in [-0.05, 0) is 67.6 Å². The average molecular weight is 347 g/mol. The Bertz CT molecular complexity index is 893. The third kappa shape index (κ3) is 4.10. The van der Waals surface area contributed by atoms with Crippen LogP contribution in [0.15, 0.2) is 77.1 Å². The van der Waals surface area contributed by atoms with Crippen LogP contribution in [0, 0.1) is 5.41 Å². The molecule has 0 heterocycles. The SMILES string of the molecule is CCOc1ccc(NC2=CC(=Nc3ccc(N)cc3)C(N)=CC2=N)cc1. The van der Waals surface area contributed by atoms with Crippen molar-refractivity contribution in [3.05, 3.63) is 72.1 Å². The molecule has 0 unspecified atom stereocenters. The first-order valence-corrected chi connectivity index (χ1v) is 8.27. The zero-order chi connectivity index (χ0) is 18.5. The van der Waals surface area contributed by atoms with Crippen molar-refractivity contribution in [3.63, 3.8) is 0 Å². The highest BCUT2D eigenvalue weighted by Crippen LogP contribution is 2.21. The predicted molar refractivity (Wildman–Crippen MR) is 107 cm³/mol. The molecule has 0 bridgehead atoms. The van der Waals surface area contributed by atoms with Crippen molar-refractivity contribution in [2.75, 3.05) is 17.7 Å². The first-order valence-electron chi connectivity index (χ1n) is 8.27. The molecule has 0 aromatic heterocycles. The molecule has 0 fully saturated rings. The molecule has 6 nitrogen and oxygen atoms in total. The van der Waals surface area contributed by atoms with E-state index in [1.165, 1.54) is 0 Å². The Labute approximate surface area is 152 Å². The van der Waals surface area contributed by atoms with Crippen molar-refractivity contribution in [1.29, 1.82) is 5.41 Å². The lowest BCUT2D eigenvalue weighted by molar-refractivity contribution is 0.340. The molecule has 0 saturated carbocycles. The summed E-state index contributed by atoms with van der Waals surface area (Å²) in [6.07, 6.45) is 3.36. The summed E-state index contributed by atoms with van der Waals surface area (Å²) in [4.78, 5) is 4.54. The molecule has 2 aromatic rings. The largest absolute Gasteiger partial charge is 0.494 e. The van der Waals surface area contributed by atoms with Gasteiger partial charge in [-0.2, -0.15) is 0 Å². The molecule has 6 heteroatoms. The summed E-state index contributed by atoms with van der Waals surface area (Å²) in [5.74, 6) is 0.806. The Morgan fingerprint density at radius 2 is 1.69 bits per heavy atom. The summed E-state index contributed by atoms with van der Waals surface area (Å²) in [5.41, 5.74) is 16.0. The monoisotopic (exact) mass is 347 g/mol. The fourth-order valence-corrected chi connectivity index (χ4v) is 2.45. The van der Waals surface area contributed by atoms with E-state index >= 15 is 0 Å². The number of benzene rings is 2. The lowest BCUT2D eigenvalue weighted by Gasteiger charge is -2.16. The van der Waals surface area contributed by atoms with Crippen LogP contribution in [0.4, 0.5) is 17.1 Å². The molecule has 0 atom stereocenters. The summed E-state index contributed by atoms with van der Waals surface area (Å²) in [5, 5.41) is 11.4. The van der Waals surface area contributed by atoms with Crippen LogP contribution < -0.4 is 21.5 Å². The molecule has 2 aromatic carbocycles. The van der Waals surface area contributed by atoms with Gasteiger partial charge in [-0.1, -0.05) is 0 Å². The standard InChI is InChI=1S/C20H21N5O/c1-2-26-16-9-7-15(8-10-16)25-20-12-19(17(22)11-18(20)23)24-14-5-3-13(21)4-6-14/h3-12,23,25H,2,21-22H2,1H3. The van der Waals surface area contributed by atoms with Crippen LogP contribution in [0.5, 0.6) is 5.75 Å². The maximum atomic E-state index is 8.15. The minimum Gasteiger partial charge on any atom is -0.494 e. The van der Waals surface area contributed by atoms with E-state index in [0.29, 0.717) is 35.1 Å². The van der Waals surface area contributed by atoms with Crippen molar-refractivity contribution < 1.29 is 4.74 Å². The first kappa shape index (κ1) is 17.3. The Morgan fingerprint density at radius 3 is 2.35 bits per heavy atom. The summed E-state index contributed by atoms with van der Waals surface area (Å²) >= 11 is 0. The van der Waals surface area contributed by atoms with Gasteiger partial charge in [0.15, 0.2) is 0 Å². The number of aliphatic imine (C=N–C) groups is 1. The summed E-state index contributed by atoms with van der Waals surface area (Å²) in [6, 6.07) is 14.8. The maximum Gasteiger partial charge on any atom is 0.119 e. The quantitative estimate of drug-likeness (QED) is 0.489. The van der Waals surface area contributed by atoms with Crippen LogP contribution in [-0.4, -0.2) is 18.0 Å². The number of hydrogen-bond donors (Lipinski definition) is 4. The lowest BCUT2D eigenvalue weighted by Crippen LogP contribution is -2.21. The highest BCUT2D eigenvalue weighted by Gasteiger charge is 2.14. The van der Waals surface area contributed by atoms with Gasteiger partial charge in [0.05, 0.1) is 35.1 Å². The average Bonchev–Trinajstić information content (AvgIpc) is 2.63. The molecule has 3 rings (SSSR count). The number of rotatable bonds is 5. The van der Waals surface area contributed by atoms with Gasteiger partial charge in [-0.25, -0.2) is 4.99 Å². The third-order valence-electron chi connectivity index (χ3n) is 3.75. The van der Waals surface area contributed by atoms with Crippen molar-refractivity contribution in [2.45, 2.75) is 6.92 Å². The fourth-order valence-electron chi connectivity index (χ4n) is 2.45. The lowest BCUT2D eigenvalue weighted by atomic mass is 10.0. The van der Waals surface area contributed by atoms with Gasteiger partial charge in [0.25, 0.3) is 0 Å². The van der Waals surface area contributed by atoms with Gasteiger partial charge < -0.3 is 21.5 Å². The number of nitrogens with zero attached hydrogens (tertiary/aromatic N) is 1. The van der Waals surface area contributed by atoms with E-state index in [9.17, 15) is 0 Å². The number of anilines is 2. The Morgan fingerprint density at radius 1 is 1.00 bits per heavy atom. The molecular weight excluding hydrogens is 326 g/mol. The Balaban J connectivity index is 1.83. The number of allylic oxidation sites excluding steroid dienone is 2. The molecule has 0 aliphatic heterocycles. The van der Waals surface area contributed by atoms with E-state index in [4.69, 9.17) is 21.6 Å². The van der Waals surface area contributed by atoms with Crippen molar-refractivity contribution in [2.24, 2.45) is 10.7 Å². The van der Waals surface area contributed by atoms with Crippen molar-refractivity contribution in [3.8, 4) is 5.75 Å². The van der Waals surface area contributed by atoms with E-state index in [0.717, 1.165) is 17.1 Å². The van der Waals surface area contributed by atoms with Crippen LogP contribution in [0.3, 0.4) is 0 Å². The smallest absolute Gasteiger partial charge is 0.119 e. The number of ether oxygens (including phenoxy) is 1. The van der Waals surface area contributed by atoms with Crippen LogP contribution in [-0.2, 0) is 0 Å². The Hall–Kier alpha value is -3.54. The van der Waals surface area contributed by atoms with Crippen molar-refractivity contribution >= 4 is 28.5 Å². The normalized spacial score (nSPS) is 15.4. The summed E-state index contributed by atoms with van der Waals surface area (Å²) in [7, 11) is 0. The van der Waals surface area contributed by atoms with Crippen molar-refractivity contribution in [1.82, 2.24) is 0 Å². The molecule has 0 radical (unpaired) electrons. The van der Waals surface area contributed by atoms with Gasteiger partial charge in [-0.15, -0.1) is 0 Å². The molecule has 6 N–H and O–H groups in total. The maximum absolute atomic E-state index is 8.15. The van der Waals surface area contributed by atoms with Crippen LogP contribution in [0.1, 0.15) is 6.92 Å². The molecule has 1 aliphatic rings. The molecule has 0 spiro atoms. The zero-order valence-electron chi connectivity index (χ0n) is 14.5. The van der Waals surface area contributed by atoms with E-state index in [2.05, 4.69) is 10.3 Å². The van der Waals surface area contributed by atoms with Gasteiger partial charge in [0, 0.05) is 11.4 Å². The van der Waals surface area contributed by atoms with Gasteiger partial charge in [0.2, 0.25) is 0 Å². The highest BCUT2D eigenvalue weighted by atomic mass is 16.5. The number of nitrogens with one attached hydrogen (secondary N) is 2. The van der Waals surface area contributed by atoms with E-state index in [1.54, 1.807) is 24.3 Å². The second-order valence-electron chi connectivity index (χ2n) is 5.74. The molecule has 1 aliphatic carbocycles. The van der Waals surface area contributed by atoms with E-state index in [-0.39, 0.29) is 0 Å². The number of nitrogens with two attached hydrogens (primary N) is 2. The third-order valence-corrected chi connectivity index (χ3v) is 3.75. The summed E-state index contributed by atoms with van der Waals surface area (Å²) in [6.45, 7) is 2.57. The highest BCUT2D eigenvalue weighted by molar-refractivity contribution is 6.23. The van der Waals surface area contributed by atoms with Gasteiger partial charge >= 0.3 is 0 Å². The minimum absolute atomic E-state index is 0.299. The minimum atomic E-state index is 0.299. The fraction of sp³-hybridized carbons (Fsp3) is 0.100. The van der Waals surface area contributed by atoms with E-state index < -0.39 is 0 Å². The molecular formula is C20H21N5O. The van der Waals surface area contributed by atoms with Crippen LogP contribution >= 0.6 is 0 Å². The Kier molecular flexibility index (Phi) is 5.03. The second kappa shape index (κ2) is 7.57. The number of nitrogen functional groups attached to an aromatic ring is 1.